The van der Waals surface area contributed by atoms with Gasteiger partial charge in [0.2, 0.25) is 5.88 Å². The van der Waals surface area contributed by atoms with Crippen LogP contribution < -0.4 is 5.90 Å². The van der Waals surface area contributed by atoms with Gasteiger partial charge in [0, 0.05) is 5.56 Å². The first-order valence-electron chi connectivity index (χ1n) is 9.02. The summed E-state index contributed by atoms with van der Waals surface area (Å²) in [5, 5.41) is 0.826. The Balaban J connectivity index is 2.82. The second kappa shape index (κ2) is 12.5. The molecule has 0 aromatic heterocycles. The van der Waals surface area contributed by atoms with Gasteiger partial charge in [-0.15, -0.1) is 11.8 Å². The number of thioether (sulfide) groups is 1. The lowest BCUT2D eigenvalue weighted by molar-refractivity contribution is 0.0503. The van der Waals surface area contributed by atoms with Crippen molar-refractivity contribution in [2.75, 3.05) is 12.9 Å². The van der Waals surface area contributed by atoms with Gasteiger partial charge in [0.15, 0.2) is 0 Å². The molecule has 0 aliphatic rings. The van der Waals surface area contributed by atoms with Crippen LogP contribution in [0, 0.1) is 5.92 Å². The van der Waals surface area contributed by atoms with Gasteiger partial charge in [-0.05, 0) is 43.7 Å². The molecule has 0 amide bonds. The van der Waals surface area contributed by atoms with E-state index in [9.17, 15) is 4.79 Å². The highest BCUT2D eigenvalue weighted by atomic mass is 32.2. The zero-order valence-electron chi connectivity index (χ0n) is 16.2. The number of nitrogens with zero attached hydrogens (tertiary/aromatic N) is 1. The maximum absolute atomic E-state index is 11.4. The molecule has 0 spiro atoms. The van der Waals surface area contributed by atoms with Crippen molar-refractivity contribution >= 4 is 22.8 Å². The van der Waals surface area contributed by atoms with Gasteiger partial charge in [0.1, 0.15) is 5.04 Å². The number of aliphatic imine (C=N–C) groups is 1. The Morgan fingerprint density at radius 2 is 1.92 bits per heavy atom. The molecule has 0 fully saturated rings. The molecule has 26 heavy (non-hydrogen) atoms. The minimum Gasteiger partial charge on any atom is -0.478 e. The number of carbonyl (C=O) groups excluding carboxylic acids is 1. The Kier molecular flexibility index (Phi) is 10.7. The van der Waals surface area contributed by atoms with Gasteiger partial charge in [-0.25, -0.2) is 9.79 Å². The van der Waals surface area contributed by atoms with E-state index in [2.05, 4.69) is 23.7 Å². The number of rotatable bonds is 10. The third-order valence-corrected chi connectivity index (χ3v) is 4.85. The maximum atomic E-state index is 11.4. The predicted octanol–water partition coefficient (Wildman–Crippen LogP) is 4.92. The van der Waals surface area contributed by atoms with Crippen LogP contribution in [-0.4, -0.2) is 23.9 Å². The lowest BCUT2D eigenvalue weighted by Gasteiger charge is -2.16. The van der Waals surface area contributed by atoms with Crippen LogP contribution in [-0.2, 0) is 9.57 Å². The summed E-state index contributed by atoms with van der Waals surface area (Å²) in [5.41, 5.74) is 1.31. The zero-order chi connectivity index (χ0) is 19.4. The van der Waals surface area contributed by atoms with Crippen LogP contribution in [0.15, 0.2) is 41.2 Å². The molecule has 0 saturated carbocycles. The molecule has 2 N–H and O–H groups in total. The van der Waals surface area contributed by atoms with Crippen molar-refractivity contribution in [3.8, 4) is 0 Å². The molecule has 0 saturated heterocycles. The van der Waals surface area contributed by atoms with Gasteiger partial charge < -0.3 is 9.57 Å². The van der Waals surface area contributed by atoms with Crippen molar-refractivity contribution in [3.05, 3.63) is 47.4 Å². The smallest absolute Gasteiger partial charge is 0.356 e. The van der Waals surface area contributed by atoms with Crippen LogP contribution in [0.5, 0.6) is 0 Å². The Hall–Kier alpha value is -1.79. The van der Waals surface area contributed by atoms with Crippen molar-refractivity contribution in [2.45, 2.75) is 46.5 Å². The number of ether oxygens (including phenoxy) is 1. The fraction of sp³-hybridized carbons (Fsp3) is 0.500. The number of hydrogen-bond acceptors (Lipinski definition) is 6. The summed E-state index contributed by atoms with van der Waals surface area (Å²) in [5.74, 6) is 5.52. The van der Waals surface area contributed by atoms with Crippen LogP contribution in [0.3, 0.4) is 0 Å². The van der Waals surface area contributed by atoms with E-state index < -0.39 is 5.97 Å². The van der Waals surface area contributed by atoms with E-state index in [-0.39, 0.29) is 0 Å². The molecule has 6 heteroatoms. The van der Waals surface area contributed by atoms with Crippen LogP contribution in [0.2, 0.25) is 0 Å². The highest BCUT2D eigenvalue weighted by Crippen LogP contribution is 2.18. The maximum Gasteiger partial charge on any atom is 0.356 e. The van der Waals surface area contributed by atoms with Gasteiger partial charge in [-0.1, -0.05) is 45.2 Å². The summed E-state index contributed by atoms with van der Waals surface area (Å²) >= 11 is 1.53. The van der Waals surface area contributed by atoms with Crippen molar-refractivity contribution in [2.24, 2.45) is 16.8 Å². The molecule has 0 bridgehead atoms. The molecular formula is C20H30N2O3S. The summed E-state index contributed by atoms with van der Waals surface area (Å²) in [6.45, 7) is 7.01. The van der Waals surface area contributed by atoms with E-state index in [1.807, 2.05) is 31.4 Å². The quantitative estimate of drug-likeness (QED) is 0.271. The summed E-state index contributed by atoms with van der Waals surface area (Å²) in [6.07, 6.45) is 8.56. The van der Waals surface area contributed by atoms with E-state index in [4.69, 9.17) is 10.6 Å². The number of benzene rings is 1. The van der Waals surface area contributed by atoms with Crippen molar-refractivity contribution < 1.29 is 14.4 Å². The van der Waals surface area contributed by atoms with Crippen LogP contribution in [0.25, 0.3) is 0 Å². The van der Waals surface area contributed by atoms with Crippen LogP contribution >= 0.6 is 11.8 Å². The number of nitrogens with two attached hydrogens (primary N) is 1. The molecule has 5 nitrogen and oxygen atoms in total. The Morgan fingerprint density at radius 1 is 1.27 bits per heavy atom. The summed E-state index contributed by atoms with van der Waals surface area (Å²) in [6, 6.07) is 6.99. The molecule has 0 aliphatic carbocycles. The Labute approximate surface area is 161 Å². The minimum atomic E-state index is -0.561. The first-order chi connectivity index (χ1) is 12.6. The molecule has 0 heterocycles. The normalized spacial score (nSPS) is 13.4. The van der Waals surface area contributed by atoms with Crippen LogP contribution in [0.1, 0.15) is 62.4 Å². The van der Waals surface area contributed by atoms with Gasteiger partial charge in [-0.2, -0.15) is 5.90 Å². The molecule has 0 radical (unpaired) electrons. The van der Waals surface area contributed by atoms with Crippen LogP contribution in [0.4, 0.5) is 0 Å². The molecule has 144 valence electrons. The van der Waals surface area contributed by atoms with Crippen molar-refractivity contribution in [1.82, 2.24) is 0 Å². The van der Waals surface area contributed by atoms with E-state index in [1.165, 1.54) is 31.0 Å². The summed E-state index contributed by atoms with van der Waals surface area (Å²) in [4.78, 5) is 20.3. The van der Waals surface area contributed by atoms with Gasteiger partial charge in [0.05, 0.1) is 12.2 Å². The number of carbonyl (C=O) groups is 1. The third-order valence-electron chi connectivity index (χ3n) is 4.14. The third kappa shape index (κ3) is 7.22. The molecule has 1 aromatic carbocycles. The second-order valence-electron chi connectivity index (χ2n) is 5.96. The van der Waals surface area contributed by atoms with Crippen molar-refractivity contribution in [3.63, 3.8) is 0 Å². The van der Waals surface area contributed by atoms with Crippen molar-refractivity contribution in [1.29, 1.82) is 0 Å². The lowest BCUT2D eigenvalue weighted by atomic mass is 10.0. The lowest BCUT2D eigenvalue weighted by Crippen LogP contribution is -2.10. The monoisotopic (exact) mass is 378 g/mol. The average molecular weight is 379 g/mol. The molecule has 1 atom stereocenters. The fourth-order valence-electron chi connectivity index (χ4n) is 2.43. The fourth-order valence-corrected chi connectivity index (χ4v) is 2.98. The minimum absolute atomic E-state index is 0.404. The largest absolute Gasteiger partial charge is 0.478 e. The Bertz CT molecular complexity index is 612. The van der Waals surface area contributed by atoms with E-state index >= 15 is 0 Å². The predicted molar refractivity (Wildman–Crippen MR) is 109 cm³/mol. The highest BCUT2D eigenvalue weighted by Gasteiger charge is 2.10. The Morgan fingerprint density at radius 3 is 2.42 bits per heavy atom. The first kappa shape index (κ1) is 22.3. The molecule has 1 rings (SSSR count). The van der Waals surface area contributed by atoms with Gasteiger partial charge in [-0.3, -0.25) is 0 Å². The number of hydrogen-bond donors (Lipinski definition) is 1. The average Bonchev–Trinajstić information content (AvgIpc) is 2.69. The summed E-state index contributed by atoms with van der Waals surface area (Å²) in [7, 11) is 0. The van der Waals surface area contributed by atoms with Gasteiger partial charge in [0.25, 0.3) is 0 Å². The topological polar surface area (TPSA) is 73.9 Å². The van der Waals surface area contributed by atoms with E-state index in [1.54, 1.807) is 12.1 Å². The zero-order valence-corrected chi connectivity index (χ0v) is 17.0. The molecular weight excluding hydrogens is 348 g/mol. The van der Waals surface area contributed by atoms with E-state index in [0.717, 1.165) is 17.0 Å². The molecule has 1 unspecified atom stereocenters. The number of unbranched alkanes of at least 4 members (excludes halogenated alkanes) is 1. The molecule has 0 aliphatic heterocycles. The first-order valence-corrected chi connectivity index (χ1v) is 10.2. The standard InChI is InChI=1S/C20H30N2O3S/c1-5-8-9-15(6-2)14-24-18(7-3)22-19(26-4)16-10-12-17(13-11-16)20(23)25-21/h7,10-13,15H,5-6,8-9,14,21H2,1-4H3/b18-7-,22-19-. The molecule has 1 aromatic rings. The SMILES string of the molecule is C/C=C(/N=C(\SC)c1ccc(C(=O)ON)cc1)OCC(CC)CCCC. The highest BCUT2D eigenvalue weighted by molar-refractivity contribution is 8.13. The van der Waals surface area contributed by atoms with E-state index in [0.29, 0.717) is 24.0 Å². The second-order valence-corrected chi connectivity index (χ2v) is 6.75. The van der Waals surface area contributed by atoms with Gasteiger partial charge >= 0.3 is 5.97 Å². The summed E-state index contributed by atoms with van der Waals surface area (Å²) < 4.78 is 5.94. The number of allylic oxidation sites excluding steroid dienone is 1.